The van der Waals surface area contributed by atoms with Crippen LogP contribution < -0.4 is 10.1 Å². The Morgan fingerprint density at radius 2 is 1.54 bits per heavy atom. The minimum atomic E-state index is -0.513. The Balaban J connectivity index is 1.88. The lowest BCUT2D eigenvalue weighted by molar-refractivity contribution is 0.0523. The molecule has 2 rings (SSSR count). The van der Waals surface area contributed by atoms with Crippen molar-refractivity contribution in [1.29, 1.82) is 0 Å². The maximum Gasteiger partial charge on any atom is 0.407 e. The molecule has 0 heterocycles. The molecule has 2 aromatic carbocycles. The summed E-state index contributed by atoms with van der Waals surface area (Å²) >= 11 is 0. The third kappa shape index (κ3) is 5.76. The van der Waals surface area contributed by atoms with Crippen molar-refractivity contribution in [1.82, 2.24) is 5.32 Å². The van der Waals surface area contributed by atoms with Crippen molar-refractivity contribution in [3.63, 3.8) is 0 Å². The topological polar surface area (TPSA) is 64.6 Å². The van der Waals surface area contributed by atoms with Crippen LogP contribution in [0.3, 0.4) is 0 Å². The number of carbonyl (C=O) groups is 2. The van der Waals surface area contributed by atoms with Crippen LogP contribution in [0.15, 0.2) is 48.5 Å². The molecule has 0 saturated carbocycles. The molecule has 0 saturated heterocycles. The van der Waals surface area contributed by atoms with Crippen LogP contribution in [0.4, 0.5) is 4.79 Å². The fraction of sp³-hybridized carbons (Fsp3) is 0.263. The van der Waals surface area contributed by atoms with Gasteiger partial charge in [0.1, 0.15) is 23.4 Å². The summed E-state index contributed by atoms with van der Waals surface area (Å²) in [5.74, 6) is 1.33. The van der Waals surface area contributed by atoms with Crippen molar-refractivity contribution in [2.75, 3.05) is 0 Å². The highest BCUT2D eigenvalue weighted by Crippen LogP contribution is 2.21. The van der Waals surface area contributed by atoms with Gasteiger partial charge in [-0.1, -0.05) is 12.1 Å². The quantitative estimate of drug-likeness (QED) is 0.831. The van der Waals surface area contributed by atoms with Gasteiger partial charge in [0.15, 0.2) is 0 Å². The summed E-state index contributed by atoms with van der Waals surface area (Å²) in [6.07, 6.45) is 0.342. The van der Waals surface area contributed by atoms with Crippen molar-refractivity contribution >= 4 is 12.4 Å². The molecule has 0 fully saturated rings. The van der Waals surface area contributed by atoms with Crippen LogP contribution in [0.2, 0.25) is 0 Å². The Morgan fingerprint density at radius 1 is 1.00 bits per heavy atom. The zero-order chi connectivity index (χ0) is 17.6. The Kier molecular flexibility index (Phi) is 5.58. The fourth-order valence-electron chi connectivity index (χ4n) is 1.91. The van der Waals surface area contributed by atoms with Crippen molar-refractivity contribution in [2.45, 2.75) is 32.9 Å². The molecule has 0 atom stereocenters. The number of carbonyl (C=O) groups excluding carboxylic acids is 2. The molecule has 0 aliphatic carbocycles. The molecule has 1 N–H and O–H groups in total. The molecule has 0 unspecified atom stereocenters. The van der Waals surface area contributed by atoms with E-state index in [4.69, 9.17) is 9.47 Å². The van der Waals surface area contributed by atoms with Crippen LogP contribution in [0, 0.1) is 0 Å². The Bertz CT molecular complexity index is 685. The second-order valence-corrected chi connectivity index (χ2v) is 6.29. The van der Waals surface area contributed by atoms with Gasteiger partial charge in [0.05, 0.1) is 0 Å². The maximum atomic E-state index is 11.6. The molecule has 126 valence electrons. The molecule has 0 spiro atoms. The van der Waals surface area contributed by atoms with E-state index in [-0.39, 0.29) is 0 Å². The molecule has 5 heteroatoms. The van der Waals surface area contributed by atoms with Crippen LogP contribution in [0.5, 0.6) is 11.5 Å². The van der Waals surface area contributed by atoms with Crippen LogP contribution in [0.25, 0.3) is 0 Å². The van der Waals surface area contributed by atoms with Gasteiger partial charge in [-0.15, -0.1) is 0 Å². The standard InChI is InChI=1S/C19H21NO4/c1-19(2,3)24-18(22)20-12-14-4-8-16(9-5-14)23-17-10-6-15(13-21)7-11-17/h4-11,13H,12H2,1-3H3,(H,20,22). The maximum absolute atomic E-state index is 11.6. The minimum absolute atomic E-state index is 0.378. The molecular formula is C19H21NO4. The van der Waals surface area contributed by atoms with E-state index < -0.39 is 11.7 Å². The lowest BCUT2D eigenvalue weighted by atomic mass is 10.2. The van der Waals surface area contributed by atoms with Gasteiger partial charge >= 0.3 is 6.09 Å². The number of rotatable bonds is 5. The highest BCUT2D eigenvalue weighted by molar-refractivity contribution is 5.74. The minimum Gasteiger partial charge on any atom is -0.457 e. The van der Waals surface area contributed by atoms with Crippen LogP contribution in [-0.2, 0) is 11.3 Å². The van der Waals surface area contributed by atoms with Crippen molar-refractivity contribution in [2.24, 2.45) is 0 Å². The van der Waals surface area contributed by atoms with E-state index >= 15 is 0 Å². The predicted molar refractivity (Wildman–Crippen MR) is 91.4 cm³/mol. The lowest BCUT2D eigenvalue weighted by Gasteiger charge is -2.19. The number of benzene rings is 2. The molecule has 1 amide bonds. The van der Waals surface area contributed by atoms with E-state index in [1.54, 1.807) is 24.3 Å². The summed E-state index contributed by atoms with van der Waals surface area (Å²) in [6, 6.07) is 14.2. The number of nitrogens with one attached hydrogen (secondary N) is 1. The first-order chi connectivity index (χ1) is 11.4. The highest BCUT2D eigenvalue weighted by Gasteiger charge is 2.15. The zero-order valence-electron chi connectivity index (χ0n) is 14.0. The molecule has 24 heavy (non-hydrogen) atoms. The Hall–Kier alpha value is -2.82. The van der Waals surface area contributed by atoms with Gasteiger partial charge in [-0.05, 0) is 62.7 Å². The number of aldehydes is 1. The van der Waals surface area contributed by atoms with E-state index in [0.717, 1.165) is 11.8 Å². The molecule has 2 aromatic rings. The first-order valence-electron chi connectivity index (χ1n) is 7.64. The molecule has 0 aliphatic rings. The molecule has 0 aromatic heterocycles. The zero-order valence-corrected chi connectivity index (χ0v) is 14.0. The summed E-state index contributed by atoms with van der Waals surface area (Å²) in [5, 5.41) is 2.70. The predicted octanol–water partition coefficient (Wildman–Crippen LogP) is 4.32. The third-order valence-electron chi connectivity index (χ3n) is 3.01. The van der Waals surface area contributed by atoms with Crippen LogP contribution in [0.1, 0.15) is 36.7 Å². The van der Waals surface area contributed by atoms with E-state index in [1.807, 2.05) is 45.0 Å². The summed E-state index contributed by atoms with van der Waals surface area (Å²) in [5.41, 5.74) is 1.02. The SMILES string of the molecule is CC(C)(C)OC(=O)NCc1ccc(Oc2ccc(C=O)cc2)cc1. The van der Waals surface area contributed by atoms with Gasteiger partial charge in [0.25, 0.3) is 0 Å². The van der Waals surface area contributed by atoms with Gasteiger partial charge < -0.3 is 14.8 Å². The van der Waals surface area contributed by atoms with Gasteiger partial charge in [0.2, 0.25) is 0 Å². The molecule has 5 nitrogen and oxygen atoms in total. The smallest absolute Gasteiger partial charge is 0.407 e. The van der Waals surface area contributed by atoms with Gasteiger partial charge in [-0.3, -0.25) is 4.79 Å². The first-order valence-corrected chi connectivity index (χ1v) is 7.64. The normalized spacial score (nSPS) is 10.8. The fourth-order valence-corrected chi connectivity index (χ4v) is 1.91. The van der Waals surface area contributed by atoms with E-state index in [2.05, 4.69) is 5.32 Å². The highest BCUT2D eigenvalue weighted by atomic mass is 16.6. The largest absolute Gasteiger partial charge is 0.457 e. The van der Waals surface area contributed by atoms with Gasteiger partial charge in [-0.25, -0.2) is 4.79 Å². The first kappa shape index (κ1) is 17.5. The summed E-state index contributed by atoms with van der Waals surface area (Å²) in [6.45, 7) is 5.84. The second-order valence-electron chi connectivity index (χ2n) is 6.29. The molecule has 0 radical (unpaired) electrons. The number of hydrogen-bond acceptors (Lipinski definition) is 4. The van der Waals surface area contributed by atoms with E-state index in [1.165, 1.54) is 0 Å². The lowest BCUT2D eigenvalue weighted by Crippen LogP contribution is -2.32. The third-order valence-corrected chi connectivity index (χ3v) is 3.01. The number of hydrogen-bond donors (Lipinski definition) is 1. The Labute approximate surface area is 141 Å². The van der Waals surface area contributed by atoms with E-state index in [9.17, 15) is 9.59 Å². The van der Waals surface area contributed by atoms with Crippen LogP contribution in [-0.4, -0.2) is 18.0 Å². The van der Waals surface area contributed by atoms with E-state index in [0.29, 0.717) is 23.6 Å². The van der Waals surface area contributed by atoms with Gasteiger partial charge in [0, 0.05) is 12.1 Å². The molecular weight excluding hydrogens is 306 g/mol. The Morgan fingerprint density at radius 3 is 2.04 bits per heavy atom. The summed E-state index contributed by atoms with van der Waals surface area (Å²) in [4.78, 5) is 22.2. The van der Waals surface area contributed by atoms with Crippen molar-refractivity contribution in [3.8, 4) is 11.5 Å². The molecule has 0 bridgehead atoms. The number of alkyl carbamates (subject to hydrolysis) is 1. The monoisotopic (exact) mass is 327 g/mol. The summed E-state index contributed by atoms with van der Waals surface area (Å²) < 4.78 is 10.9. The van der Waals surface area contributed by atoms with Crippen molar-refractivity contribution < 1.29 is 19.1 Å². The van der Waals surface area contributed by atoms with Crippen LogP contribution >= 0.6 is 0 Å². The second kappa shape index (κ2) is 7.64. The van der Waals surface area contributed by atoms with Crippen molar-refractivity contribution in [3.05, 3.63) is 59.7 Å². The summed E-state index contributed by atoms with van der Waals surface area (Å²) in [7, 11) is 0. The number of amides is 1. The number of ether oxygens (including phenoxy) is 2. The van der Waals surface area contributed by atoms with Gasteiger partial charge in [-0.2, -0.15) is 0 Å². The molecule has 0 aliphatic heterocycles. The average Bonchev–Trinajstić information content (AvgIpc) is 2.53. The average molecular weight is 327 g/mol.